The number of rotatable bonds is 4. The maximum atomic E-state index is 6.08. The van der Waals surface area contributed by atoms with Crippen molar-refractivity contribution in [3.8, 4) is 0 Å². The molecule has 2 aliphatic heterocycles. The Morgan fingerprint density at radius 2 is 1.47 bits per heavy atom. The van der Waals surface area contributed by atoms with Crippen LogP contribution in [0.3, 0.4) is 0 Å². The van der Waals surface area contributed by atoms with Crippen LogP contribution in [0.2, 0.25) is 0 Å². The van der Waals surface area contributed by atoms with Gasteiger partial charge in [-0.3, -0.25) is 4.90 Å². The van der Waals surface area contributed by atoms with E-state index in [1.54, 1.807) is 0 Å². The molecule has 0 aliphatic carbocycles. The van der Waals surface area contributed by atoms with E-state index in [2.05, 4.69) is 23.8 Å². The Morgan fingerprint density at radius 1 is 0.947 bits per heavy atom. The molecule has 0 aromatic carbocycles. The minimum absolute atomic E-state index is 0.532. The number of nitrogens with zero attached hydrogens (tertiary/aromatic N) is 2. The molecule has 0 aromatic heterocycles. The monoisotopic (exact) mass is 272 g/mol. The molecule has 2 rings (SSSR count). The Kier molecular flexibility index (Phi) is 11.6. The van der Waals surface area contributed by atoms with Gasteiger partial charge in [0.15, 0.2) is 0 Å². The predicted octanol–water partition coefficient (Wildman–Crippen LogP) is 3.24. The van der Waals surface area contributed by atoms with E-state index in [0.717, 1.165) is 0 Å². The van der Waals surface area contributed by atoms with E-state index in [1.165, 1.54) is 52.0 Å². The first kappa shape index (κ1) is 18.9. The zero-order valence-electron chi connectivity index (χ0n) is 14.1. The highest BCUT2D eigenvalue weighted by atomic mass is 16.5. The molecule has 0 saturated carbocycles. The Balaban J connectivity index is 0.000000741. The molecule has 0 N–H and O–H groups in total. The Bertz CT molecular complexity index is 185. The molecule has 0 atom stereocenters. The van der Waals surface area contributed by atoms with Gasteiger partial charge in [-0.05, 0) is 32.9 Å². The summed E-state index contributed by atoms with van der Waals surface area (Å²) < 4.78 is 6.08. The molecule has 0 aromatic rings. The summed E-state index contributed by atoms with van der Waals surface area (Å²) in [5, 5.41) is 0. The highest BCUT2D eigenvalue weighted by molar-refractivity contribution is 4.82. The minimum atomic E-state index is 0.532. The van der Waals surface area contributed by atoms with Crippen molar-refractivity contribution in [1.29, 1.82) is 0 Å². The molecular formula is C16H36N2O. The lowest BCUT2D eigenvalue weighted by molar-refractivity contribution is -0.105. The van der Waals surface area contributed by atoms with Crippen LogP contribution in [0.4, 0.5) is 0 Å². The molecule has 0 radical (unpaired) electrons. The zero-order chi connectivity index (χ0) is 14.7. The average Bonchev–Trinajstić information content (AvgIpc) is 2.43. The van der Waals surface area contributed by atoms with Gasteiger partial charge in [-0.1, -0.05) is 34.6 Å². The standard InChI is InChI=1S/C12H24N2O.2C2H6/c1-3-6-14-9-12(10-14)15-11-4-7-13(2)8-5-11;2*1-2/h11-12H,3-10H2,1-2H3;2*1-2H3. The van der Waals surface area contributed by atoms with E-state index in [9.17, 15) is 0 Å². The van der Waals surface area contributed by atoms with Crippen molar-refractivity contribution in [2.45, 2.75) is 66.1 Å². The smallest absolute Gasteiger partial charge is 0.0832 e. The molecule has 0 unspecified atom stereocenters. The van der Waals surface area contributed by atoms with E-state index in [1.807, 2.05) is 27.7 Å². The summed E-state index contributed by atoms with van der Waals surface area (Å²) in [4.78, 5) is 4.88. The zero-order valence-corrected chi connectivity index (χ0v) is 14.1. The molecule has 3 heteroatoms. The number of piperidine rings is 1. The molecule has 2 fully saturated rings. The van der Waals surface area contributed by atoms with Crippen molar-refractivity contribution < 1.29 is 4.74 Å². The summed E-state index contributed by atoms with van der Waals surface area (Å²) in [5.41, 5.74) is 0. The number of hydrogen-bond donors (Lipinski definition) is 0. The summed E-state index contributed by atoms with van der Waals surface area (Å²) in [6, 6.07) is 0. The third-order valence-corrected chi connectivity index (χ3v) is 3.51. The lowest BCUT2D eigenvalue weighted by Crippen LogP contribution is -2.54. The van der Waals surface area contributed by atoms with Crippen LogP contribution in [0.15, 0.2) is 0 Å². The van der Waals surface area contributed by atoms with E-state index >= 15 is 0 Å². The number of likely N-dealkylation sites (tertiary alicyclic amines) is 2. The third-order valence-electron chi connectivity index (χ3n) is 3.51. The van der Waals surface area contributed by atoms with Gasteiger partial charge in [0.05, 0.1) is 12.2 Å². The second kappa shape index (κ2) is 11.7. The maximum Gasteiger partial charge on any atom is 0.0832 e. The normalized spacial score (nSPS) is 21.8. The summed E-state index contributed by atoms with van der Waals surface area (Å²) >= 11 is 0. The second-order valence-corrected chi connectivity index (χ2v) is 5.02. The molecule has 116 valence electrons. The van der Waals surface area contributed by atoms with E-state index in [-0.39, 0.29) is 0 Å². The van der Waals surface area contributed by atoms with Gasteiger partial charge in [0.25, 0.3) is 0 Å². The van der Waals surface area contributed by atoms with Crippen LogP contribution in [0.25, 0.3) is 0 Å². The fourth-order valence-corrected chi connectivity index (χ4v) is 2.50. The van der Waals surface area contributed by atoms with Gasteiger partial charge in [-0.15, -0.1) is 0 Å². The van der Waals surface area contributed by atoms with Crippen molar-refractivity contribution >= 4 is 0 Å². The van der Waals surface area contributed by atoms with Crippen LogP contribution in [0, 0.1) is 0 Å². The highest BCUT2D eigenvalue weighted by Crippen LogP contribution is 2.19. The quantitative estimate of drug-likeness (QED) is 0.781. The van der Waals surface area contributed by atoms with Crippen LogP contribution < -0.4 is 0 Å². The molecule has 19 heavy (non-hydrogen) atoms. The van der Waals surface area contributed by atoms with Gasteiger partial charge in [-0.2, -0.15) is 0 Å². The summed E-state index contributed by atoms with van der Waals surface area (Å²) in [7, 11) is 2.20. The number of hydrogen-bond acceptors (Lipinski definition) is 3. The van der Waals surface area contributed by atoms with Gasteiger partial charge >= 0.3 is 0 Å². The summed E-state index contributed by atoms with van der Waals surface area (Å²) in [6.07, 6.45) is 4.78. The van der Waals surface area contributed by atoms with Crippen molar-refractivity contribution in [3.05, 3.63) is 0 Å². The molecular weight excluding hydrogens is 236 g/mol. The first-order chi connectivity index (χ1) is 9.28. The van der Waals surface area contributed by atoms with Crippen LogP contribution in [-0.4, -0.2) is 61.8 Å². The lowest BCUT2D eigenvalue weighted by Gasteiger charge is -2.42. The highest BCUT2D eigenvalue weighted by Gasteiger charge is 2.29. The largest absolute Gasteiger partial charge is 0.372 e. The Morgan fingerprint density at radius 3 is 1.95 bits per heavy atom. The second-order valence-electron chi connectivity index (χ2n) is 5.02. The average molecular weight is 272 g/mol. The molecule has 0 spiro atoms. The predicted molar refractivity (Wildman–Crippen MR) is 84.8 cm³/mol. The fourth-order valence-electron chi connectivity index (χ4n) is 2.50. The topological polar surface area (TPSA) is 15.7 Å². The first-order valence-electron chi connectivity index (χ1n) is 8.34. The molecule has 2 heterocycles. The van der Waals surface area contributed by atoms with Gasteiger partial charge < -0.3 is 9.64 Å². The molecule has 2 saturated heterocycles. The van der Waals surface area contributed by atoms with Crippen LogP contribution in [0.1, 0.15) is 53.9 Å². The molecule has 3 nitrogen and oxygen atoms in total. The van der Waals surface area contributed by atoms with Gasteiger partial charge in [0.2, 0.25) is 0 Å². The first-order valence-corrected chi connectivity index (χ1v) is 8.34. The third kappa shape index (κ3) is 7.28. The summed E-state index contributed by atoms with van der Waals surface area (Å²) in [6.45, 7) is 16.2. The maximum absolute atomic E-state index is 6.08. The van der Waals surface area contributed by atoms with Crippen LogP contribution in [-0.2, 0) is 4.74 Å². The van der Waals surface area contributed by atoms with Crippen molar-refractivity contribution in [3.63, 3.8) is 0 Å². The van der Waals surface area contributed by atoms with Gasteiger partial charge in [-0.25, -0.2) is 0 Å². The van der Waals surface area contributed by atoms with Crippen molar-refractivity contribution in [2.24, 2.45) is 0 Å². The molecule has 0 bridgehead atoms. The Labute approximate surface area is 121 Å². The SMILES string of the molecule is CC.CC.CCCN1CC(OC2CCN(C)CC2)C1. The lowest BCUT2D eigenvalue weighted by atomic mass is 10.1. The van der Waals surface area contributed by atoms with E-state index in [0.29, 0.717) is 12.2 Å². The van der Waals surface area contributed by atoms with Gasteiger partial charge in [0.1, 0.15) is 0 Å². The Hall–Kier alpha value is -0.120. The van der Waals surface area contributed by atoms with Crippen LogP contribution in [0.5, 0.6) is 0 Å². The van der Waals surface area contributed by atoms with Crippen molar-refractivity contribution in [1.82, 2.24) is 9.80 Å². The van der Waals surface area contributed by atoms with E-state index < -0.39 is 0 Å². The summed E-state index contributed by atoms with van der Waals surface area (Å²) in [5.74, 6) is 0. The molecule has 0 amide bonds. The van der Waals surface area contributed by atoms with E-state index in [4.69, 9.17) is 4.74 Å². The fraction of sp³-hybridized carbons (Fsp3) is 1.00. The van der Waals surface area contributed by atoms with Crippen molar-refractivity contribution in [2.75, 3.05) is 39.8 Å². The molecule has 2 aliphatic rings. The van der Waals surface area contributed by atoms with Gasteiger partial charge in [0, 0.05) is 26.2 Å². The minimum Gasteiger partial charge on any atom is -0.372 e. The van der Waals surface area contributed by atoms with Crippen LogP contribution >= 0.6 is 0 Å². The number of ether oxygens (including phenoxy) is 1.